The lowest BCUT2D eigenvalue weighted by atomic mass is 10.4. The Morgan fingerprint density at radius 2 is 2.20 bits per heavy atom. The molecule has 2 aromatic heterocycles. The van der Waals surface area contributed by atoms with Crippen LogP contribution in [0.5, 0.6) is 0 Å². The number of carbonyl (C=O) groups is 1. The third kappa shape index (κ3) is 1.69. The zero-order valence-corrected chi connectivity index (χ0v) is 8.08. The molecule has 6 heteroatoms. The van der Waals surface area contributed by atoms with Crippen molar-refractivity contribution in [2.45, 2.75) is 6.92 Å². The summed E-state index contributed by atoms with van der Waals surface area (Å²) in [6.45, 7) is 1.76. The second kappa shape index (κ2) is 3.49. The Morgan fingerprint density at radius 1 is 1.40 bits per heavy atom. The van der Waals surface area contributed by atoms with Gasteiger partial charge in [0.1, 0.15) is 11.5 Å². The first kappa shape index (κ1) is 9.32. The van der Waals surface area contributed by atoms with Gasteiger partial charge in [-0.3, -0.25) is 4.79 Å². The fourth-order valence-corrected chi connectivity index (χ4v) is 1.23. The number of rotatable bonds is 2. The summed E-state index contributed by atoms with van der Waals surface area (Å²) in [6, 6.07) is 3.20. The quantitative estimate of drug-likeness (QED) is 0.748. The molecule has 2 heterocycles. The van der Waals surface area contributed by atoms with E-state index in [1.54, 1.807) is 25.3 Å². The number of aryl methyl sites for hydroxylation is 1. The minimum absolute atomic E-state index is 0.299. The Hall–Kier alpha value is -2.24. The van der Waals surface area contributed by atoms with Crippen molar-refractivity contribution < 1.29 is 4.79 Å². The Balaban J connectivity index is 2.54. The summed E-state index contributed by atoms with van der Waals surface area (Å²) in [5, 5.41) is 3.97. The molecule has 0 saturated carbocycles. The molecule has 76 valence electrons. The molecular formula is C9H9N5O. The maximum absolute atomic E-state index is 11.1. The second-order valence-corrected chi connectivity index (χ2v) is 2.95. The van der Waals surface area contributed by atoms with Crippen LogP contribution < -0.4 is 5.73 Å². The lowest BCUT2D eigenvalue weighted by molar-refractivity contribution is 0.0992. The average molecular weight is 203 g/mol. The van der Waals surface area contributed by atoms with Crippen molar-refractivity contribution >= 4 is 5.91 Å². The normalized spacial score (nSPS) is 10.2. The molecular weight excluding hydrogens is 194 g/mol. The van der Waals surface area contributed by atoms with Crippen LogP contribution in [0.25, 0.3) is 5.82 Å². The molecule has 6 nitrogen and oxygen atoms in total. The summed E-state index contributed by atoms with van der Waals surface area (Å²) in [7, 11) is 0. The third-order valence-corrected chi connectivity index (χ3v) is 1.87. The predicted octanol–water partition coefficient (Wildman–Crippen LogP) is 0.0696. The van der Waals surface area contributed by atoms with Crippen LogP contribution in [-0.4, -0.2) is 25.7 Å². The van der Waals surface area contributed by atoms with Crippen molar-refractivity contribution in [2.24, 2.45) is 5.73 Å². The number of nitrogens with two attached hydrogens (primary N) is 1. The fourth-order valence-electron chi connectivity index (χ4n) is 1.23. The van der Waals surface area contributed by atoms with E-state index >= 15 is 0 Å². The molecule has 2 N–H and O–H groups in total. The van der Waals surface area contributed by atoms with E-state index in [9.17, 15) is 4.79 Å². The first-order valence-corrected chi connectivity index (χ1v) is 4.32. The highest BCUT2D eigenvalue weighted by Gasteiger charge is 2.10. The van der Waals surface area contributed by atoms with E-state index in [2.05, 4.69) is 15.1 Å². The minimum atomic E-state index is -0.538. The van der Waals surface area contributed by atoms with Gasteiger partial charge in [-0.1, -0.05) is 0 Å². The number of hydrogen-bond donors (Lipinski definition) is 1. The largest absolute Gasteiger partial charge is 0.364 e. The maximum Gasteiger partial charge on any atom is 0.267 e. The van der Waals surface area contributed by atoms with Gasteiger partial charge in [-0.2, -0.15) is 5.10 Å². The van der Waals surface area contributed by atoms with Crippen LogP contribution in [0.4, 0.5) is 0 Å². The highest BCUT2D eigenvalue weighted by atomic mass is 16.1. The van der Waals surface area contributed by atoms with Crippen LogP contribution >= 0.6 is 0 Å². The third-order valence-electron chi connectivity index (χ3n) is 1.87. The topological polar surface area (TPSA) is 86.7 Å². The van der Waals surface area contributed by atoms with Crippen LogP contribution in [0.1, 0.15) is 16.3 Å². The van der Waals surface area contributed by atoms with Gasteiger partial charge in [0.25, 0.3) is 5.91 Å². The molecule has 2 aromatic rings. The van der Waals surface area contributed by atoms with Gasteiger partial charge in [0.2, 0.25) is 0 Å². The van der Waals surface area contributed by atoms with Crippen LogP contribution in [0, 0.1) is 6.92 Å². The van der Waals surface area contributed by atoms with Crippen molar-refractivity contribution in [2.75, 3.05) is 0 Å². The molecule has 0 saturated heterocycles. The number of aromatic nitrogens is 4. The van der Waals surface area contributed by atoms with Crippen molar-refractivity contribution in [1.82, 2.24) is 19.7 Å². The molecule has 0 fully saturated rings. The van der Waals surface area contributed by atoms with Gasteiger partial charge < -0.3 is 5.73 Å². The molecule has 0 aliphatic heterocycles. The van der Waals surface area contributed by atoms with Crippen LogP contribution in [0.3, 0.4) is 0 Å². The zero-order valence-electron chi connectivity index (χ0n) is 8.08. The lowest BCUT2D eigenvalue weighted by Crippen LogP contribution is -2.17. The fraction of sp³-hybridized carbons (Fsp3) is 0.111. The molecule has 0 aliphatic carbocycles. The molecule has 0 aromatic carbocycles. The maximum atomic E-state index is 11.1. The van der Waals surface area contributed by atoms with E-state index in [1.807, 2.05) is 0 Å². The first-order chi connectivity index (χ1) is 7.18. The molecule has 2 rings (SSSR count). The molecule has 1 amide bonds. The molecule has 0 bridgehead atoms. The van der Waals surface area contributed by atoms with Crippen molar-refractivity contribution in [1.29, 1.82) is 0 Å². The number of hydrogen-bond acceptors (Lipinski definition) is 4. The Kier molecular flexibility index (Phi) is 2.17. The molecule has 0 unspecified atom stereocenters. The Labute approximate surface area is 85.8 Å². The number of carbonyl (C=O) groups excluding carboxylic acids is 1. The molecule has 0 spiro atoms. The van der Waals surface area contributed by atoms with Crippen LogP contribution in [0.2, 0.25) is 0 Å². The number of amides is 1. The summed E-state index contributed by atoms with van der Waals surface area (Å²) in [5.74, 6) is 0.600. The summed E-state index contributed by atoms with van der Waals surface area (Å²) in [6.07, 6.45) is 3.10. The Morgan fingerprint density at radius 3 is 2.87 bits per heavy atom. The SMILES string of the molecule is Cc1nccc(-n2nccc2C(N)=O)n1. The molecule has 0 aliphatic rings. The van der Waals surface area contributed by atoms with Crippen molar-refractivity contribution in [3.8, 4) is 5.82 Å². The van der Waals surface area contributed by atoms with E-state index in [4.69, 9.17) is 5.73 Å². The van der Waals surface area contributed by atoms with Gasteiger partial charge in [0, 0.05) is 12.3 Å². The van der Waals surface area contributed by atoms with Crippen LogP contribution in [-0.2, 0) is 0 Å². The van der Waals surface area contributed by atoms with Gasteiger partial charge in [-0.05, 0) is 13.0 Å². The van der Waals surface area contributed by atoms with Crippen molar-refractivity contribution in [3.05, 3.63) is 36.0 Å². The van der Waals surface area contributed by atoms with Crippen molar-refractivity contribution in [3.63, 3.8) is 0 Å². The minimum Gasteiger partial charge on any atom is -0.364 e. The summed E-state index contributed by atoms with van der Waals surface area (Å²) in [5.41, 5.74) is 5.49. The summed E-state index contributed by atoms with van der Waals surface area (Å²) < 4.78 is 1.39. The monoisotopic (exact) mass is 203 g/mol. The standard InChI is InChI=1S/C9H9N5O/c1-6-11-4-3-8(13-6)14-7(9(10)15)2-5-12-14/h2-5H,1H3,(H2,10,15). The van der Waals surface area contributed by atoms with Crippen LogP contribution in [0.15, 0.2) is 24.5 Å². The van der Waals surface area contributed by atoms with Gasteiger partial charge in [0.05, 0.1) is 6.20 Å². The van der Waals surface area contributed by atoms with E-state index in [-0.39, 0.29) is 0 Å². The van der Waals surface area contributed by atoms with Gasteiger partial charge >= 0.3 is 0 Å². The van der Waals surface area contributed by atoms with Gasteiger partial charge in [-0.25, -0.2) is 14.6 Å². The molecule has 0 atom stereocenters. The summed E-state index contributed by atoms with van der Waals surface area (Å²) >= 11 is 0. The van der Waals surface area contributed by atoms with Gasteiger partial charge in [-0.15, -0.1) is 0 Å². The van der Waals surface area contributed by atoms with Gasteiger partial charge in [0.15, 0.2) is 5.82 Å². The summed E-state index contributed by atoms with van der Waals surface area (Å²) in [4.78, 5) is 19.2. The predicted molar refractivity (Wildman–Crippen MR) is 52.4 cm³/mol. The highest BCUT2D eigenvalue weighted by Crippen LogP contribution is 2.06. The smallest absolute Gasteiger partial charge is 0.267 e. The average Bonchev–Trinajstić information content (AvgIpc) is 2.65. The van der Waals surface area contributed by atoms with E-state index in [0.29, 0.717) is 17.3 Å². The van der Waals surface area contributed by atoms with E-state index in [0.717, 1.165) is 0 Å². The van der Waals surface area contributed by atoms with E-state index < -0.39 is 5.91 Å². The first-order valence-electron chi connectivity index (χ1n) is 4.32. The number of nitrogens with zero attached hydrogens (tertiary/aromatic N) is 4. The van der Waals surface area contributed by atoms with E-state index in [1.165, 1.54) is 10.9 Å². The molecule has 0 radical (unpaired) electrons. The molecule has 15 heavy (non-hydrogen) atoms. The lowest BCUT2D eigenvalue weighted by Gasteiger charge is -2.03. The second-order valence-electron chi connectivity index (χ2n) is 2.95. The number of primary amides is 1. The zero-order chi connectivity index (χ0) is 10.8. The Bertz CT molecular complexity index is 505. The highest BCUT2D eigenvalue weighted by molar-refractivity contribution is 5.91.